The first-order chi connectivity index (χ1) is 16.6. The highest BCUT2D eigenvalue weighted by Crippen LogP contribution is 2.42. The van der Waals surface area contributed by atoms with E-state index in [9.17, 15) is 4.79 Å². The first-order valence-corrected chi connectivity index (χ1v) is 12.6. The monoisotopic (exact) mass is 496 g/mol. The number of anilines is 1. The summed E-state index contributed by atoms with van der Waals surface area (Å²) in [4.78, 5) is 17.7. The Labute approximate surface area is 207 Å². The van der Waals surface area contributed by atoms with Crippen molar-refractivity contribution in [2.75, 3.05) is 18.2 Å². The number of benzene rings is 2. The summed E-state index contributed by atoms with van der Waals surface area (Å²) in [6.45, 7) is 2.43. The Bertz CT molecular complexity index is 1270. The lowest BCUT2D eigenvalue weighted by atomic mass is 9.85. The van der Waals surface area contributed by atoms with E-state index in [1.54, 1.807) is 18.9 Å². The number of rotatable bonds is 7. The fourth-order valence-electron chi connectivity index (χ4n) is 4.40. The summed E-state index contributed by atoms with van der Waals surface area (Å²) in [7, 11) is 1.61. The number of carbonyl (C=O) groups is 1. The SMILES string of the molecule is CCSc1nc2n(n1)C(c1ccc(OCc3cccc(Cl)c3)c(OC)c1)C1=C(CCCC1=O)N2. The molecule has 176 valence electrons. The molecular formula is C25H25ClN4O3S. The molecule has 7 nitrogen and oxygen atoms in total. The number of allylic oxidation sites excluding steroid dienone is 2. The van der Waals surface area contributed by atoms with Gasteiger partial charge in [-0.25, -0.2) is 4.68 Å². The molecule has 2 heterocycles. The molecule has 1 aliphatic heterocycles. The normalized spacial score (nSPS) is 17.1. The highest BCUT2D eigenvalue weighted by Gasteiger charge is 2.37. The lowest BCUT2D eigenvalue weighted by Crippen LogP contribution is -2.31. The number of fused-ring (bicyclic) bond motifs is 1. The number of Topliss-reactive ketones (excluding diaryl/α,β-unsaturated/α-hetero) is 1. The van der Waals surface area contributed by atoms with E-state index in [-0.39, 0.29) is 11.8 Å². The molecule has 5 rings (SSSR count). The molecular weight excluding hydrogens is 472 g/mol. The highest BCUT2D eigenvalue weighted by molar-refractivity contribution is 7.99. The van der Waals surface area contributed by atoms with Crippen LogP contribution in [-0.4, -0.2) is 33.4 Å². The van der Waals surface area contributed by atoms with E-state index in [0.717, 1.165) is 41.0 Å². The van der Waals surface area contributed by atoms with Crippen LogP contribution in [0.4, 0.5) is 5.95 Å². The molecule has 1 aromatic heterocycles. The molecule has 1 N–H and O–H groups in total. The number of nitrogens with zero attached hydrogens (tertiary/aromatic N) is 3. The number of thioether (sulfide) groups is 1. The summed E-state index contributed by atoms with van der Waals surface area (Å²) in [6, 6.07) is 13.0. The minimum atomic E-state index is -0.367. The van der Waals surface area contributed by atoms with Gasteiger partial charge in [0.2, 0.25) is 11.1 Å². The number of methoxy groups -OCH3 is 1. The average Bonchev–Trinajstić information content (AvgIpc) is 3.24. The van der Waals surface area contributed by atoms with E-state index < -0.39 is 0 Å². The minimum Gasteiger partial charge on any atom is -0.493 e. The van der Waals surface area contributed by atoms with Gasteiger partial charge in [0.15, 0.2) is 17.3 Å². The summed E-state index contributed by atoms with van der Waals surface area (Å²) in [6.07, 6.45) is 2.19. The van der Waals surface area contributed by atoms with E-state index in [1.807, 2.05) is 47.1 Å². The standard InChI is InChI=1S/C25H25ClN4O3S/c1-3-34-25-28-24-27-18-8-5-9-19(31)22(18)23(30(24)29-25)16-10-11-20(21(13-16)32-2)33-14-15-6-4-7-17(26)12-15/h4,6-7,10-13,23H,3,5,8-9,14H2,1-2H3,(H,27,28,29). The van der Waals surface area contributed by atoms with Crippen molar-refractivity contribution in [2.24, 2.45) is 0 Å². The molecule has 1 atom stereocenters. The van der Waals surface area contributed by atoms with E-state index in [4.69, 9.17) is 26.2 Å². The third kappa shape index (κ3) is 4.40. The largest absolute Gasteiger partial charge is 0.493 e. The van der Waals surface area contributed by atoms with Crippen LogP contribution < -0.4 is 14.8 Å². The number of hydrogen-bond donors (Lipinski definition) is 1. The molecule has 0 saturated heterocycles. The molecule has 2 aliphatic rings. The average molecular weight is 497 g/mol. The number of nitrogens with one attached hydrogen (secondary N) is 1. The molecule has 9 heteroatoms. The molecule has 2 aromatic carbocycles. The molecule has 0 saturated carbocycles. The number of ether oxygens (including phenoxy) is 2. The van der Waals surface area contributed by atoms with Crippen molar-refractivity contribution in [3.05, 3.63) is 69.9 Å². The Kier molecular flexibility index (Phi) is 6.52. The van der Waals surface area contributed by atoms with E-state index in [0.29, 0.717) is 40.7 Å². The van der Waals surface area contributed by atoms with Crippen LogP contribution in [0.1, 0.15) is 43.4 Å². The van der Waals surface area contributed by atoms with Gasteiger partial charge in [-0.2, -0.15) is 4.98 Å². The second-order valence-corrected chi connectivity index (χ2v) is 9.79. The number of hydrogen-bond acceptors (Lipinski definition) is 7. The van der Waals surface area contributed by atoms with Crippen LogP contribution in [0.15, 0.2) is 58.9 Å². The third-order valence-corrected chi connectivity index (χ3v) is 6.86. The van der Waals surface area contributed by atoms with Crippen LogP contribution in [0.25, 0.3) is 0 Å². The van der Waals surface area contributed by atoms with Gasteiger partial charge in [0.05, 0.1) is 7.11 Å². The Morgan fingerprint density at radius 2 is 2.09 bits per heavy atom. The molecule has 1 unspecified atom stereocenters. The second-order valence-electron chi connectivity index (χ2n) is 8.12. The van der Waals surface area contributed by atoms with Crippen molar-refractivity contribution in [3.8, 4) is 11.5 Å². The highest BCUT2D eigenvalue weighted by atomic mass is 35.5. The molecule has 0 fully saturated rings. The lowest BCUT2D eigenvalue weighted by molar-refractivity contribution is -0.116. The lowest BCUT2D eigenvalue weighted by Gasteiger charge is -2.32. The van der Waals surface area contributed by atoms with Gasteiger partial charge in [0, 0.05) is 22.7 Å². The van der Waals surface area contributed by atoms with Crippen LogP contribution >= 0.6 is 23.4 Å². The van der Waals surface area contributed by atoms with Crippen LogP contribution in [0.5, 0.6) is 11.5 Å². The Balaban J connectivity index is 1.51. The smallest absolute Gasteiger partial charge is 0.227 e. The fraction of sp³-hybridized carbons (Fsp3) is 0.320. The molecule has 0 bridgehead atoms. The van der Waals surface area contributed by atoms with Crippen LogP contribution in [0.3, 0.4) is 0 Å². The summed E-state index contributed by atoms with van der Waals surface area (Å²) in [5.41, 5.74) is 3.56. The predicted molar refractivity (Wildman–Crippen MR) is 133 cm³/mol. The number of aromatic nitrogens is 3. The Morgan fingerprint density at radius 1 is 1.21 bits per heavy atom. The van der Waals surface area contributed by atoms with Crippen molar-refractivity contribution >= 4 is 35.1 Å². The van der Waals surface area contributed by atoms with Crippen molar-refractivity contribution in [2.45, 2.75) is 44.0 Å². The number of ketones is 1. The Morgan fingerprint density at radius 3 is 2.88 bits per heavy atom. The minimum absolute atomic E-state index is 0.143. The van der Waals surface area contributed by atoms with Gasteiger partial charge in [0.1, 0.15) is 12.6 Å². The third-order valence-electron chi connectivity index (χ3n) is 5.91. The molecule has 0 spiro atoms. The zero-order valence-corrected chi connectivity index (χ0v) is 20.6. The maximum absolute atomic E-state index is 13.0. The van der Waals surface area contributed by atoms with Crippen LogP contribution in [0, 0.1) is 0 Å². The summed E-state index contributed by atoms with van der Waals surface area (Å²) in [5, 5.41) is 9.44. The van der Waals surface area contributed by atoms with Gasteiger partial charge in [-0.15, -0.1) is 5.10 Å². The van der Waals surface area contributed by atoms with Crippen LogP contribution in [0.2, 0.25) is 5.02 Å². The quantitative estimate of drug-likeness (QED) is 0.423. The summed E-state index contributed by atoms with van der Waals surface area (Å²) >= 11 is 7.67. The first-order valence-electron chi connectivity index (χ1n) is 11.2. The van der Waals surface area contributed by atoms with Crippen LogP contribution in [-0.2, 0) is 11.4 Å². The maximum Gasteiger partial charge on any atom is 0.227 e. The predicted octanol–water partition coefficient (Wildman–Crippen LogP) is 5.65. The Hall–Kier alpha value is -2.97. The van der Waals surface area contributed by atoms with Gasteiger partial charge in [-0.05, 0) is 54.0 Å². The van der Waals surface area contributed by atoms with Crippen molar-refractivity contribution in [1.82, 2.24) is 14.8 Å². The van der Waals surface area contributed by atoms with E-state index >= 15 is 0 Å². The van der Waals surface area contributed by atoms with Gasteiger partial charge in [-0.1, -0.05) is 48.5 Å². The number of carbonyl (C=O) groups excluding carboxylic acids is 1. The van der Waals surface area contributed by atoms with Gasteiger partial charge in [0.25, 0.3) is 0 Å². The van der Waals surface area contributed by atoms with Crippen molar-refractivity contribution in [3.63, 3.8) is 0 Å². The molecule has 3 aromatic rings. The topological polar surface area (TPSA) is 78.3 Å². The molecule has 0 amide bonds. The fourth-order valence-corrected chi connectivity index (χ4v) is 5.16. The zero-order valence-electron chi connectivity index (χ0n) is 19.0. The summed E-state index contributed by atoms with van der Waals surface area (Å²) < 4.78 is 13.5. The second kappa shape index (κ2) is 9.72. The van der Waals surface area contributed by atoms with Gasteiger partial charge < -0.3 is 14.8 Å². The zero-order chi connectivity index (χ0) is 23.7. The first kappa shape index (κ1) is 22.8. The van der Waals surface area contributed by atoms with Gasteiger partial charge >= 0.3 is 0 Å². The maximum atomic E-state index is 13.0. The molecule has 34 heavy (non-hydrogen) atoms. The molecule has 0 radical (unpaired) electrons. The van der Waals surface area contributed by atoms with E-state index in [1.165, 1.54) is 0 Å². The van der Waals surface area contributed by atoms with Crippen molar-refractivity contribution in [1.29, 1.82) is 0 Å². The van der Waals surface area contributed by atoms with Crippen molar-refractivity contribution < 1.29 is 14.3 Å². The molecule has 1 aliphatic carbocycles. The number of halogens is 1. The summed E-state index contributed by atoms with van der Waals surface area (Å²) in [5.74, 6) is 2.88. The van der Waals surface area contributed by atoms with Gasteiger partial charge in [-0.3, -0.25) is 4.79 Å². The van der Waals surface area contributed by atoms with E-state index in [2.05, 4.69) is 17.2 Å².